The van der Waals surface area contributed by atoms with Gasteiger partial charge < -0.3 is 0 Å². The quantitative estimate of drug-likeness (QED) is 0.656. The first-order chi connectivity index (χ1) is 13.1. The average molecular weight is 394 g/mol. The summed E-state index contributed by atoms with van der Waals surface area (Å²) in [7, 11) is -3.38. The number of pyridine rings is 1. The number of unbranched alkanes of at least 4 members (excludes halogenated alkanes) is 2. The Kier molecular flexibility index (Phi) is 6.83. The summed E-state index contributed by atoms with van der Waals surface area (Å²) in [5.74, 6) is 1.19. The van der Waals surface area contributed by atoms with Crippen molar-refractivity contribution in [1.82, 2.24) is 23.2 Å². The Morgan fingerprint density at radius 1 is 1.07 bits per heavy atom. The second-order valence-corrected chi connectivity index (χ2v) is 9.20. The van der Waals surface area contributed by atoms with Gasteiger partial charge in [0.25, 0.3) is 10.2 Å². The highest BCUT2D eigenvalue weighted by molar-refractivity contribution is 7.86. The standard InChI is InChI=1S/C19H31N5O2S/c1-3-5-12-22(13-6-4-2)27(25,26)23-15-10-17(11-16-23)19-21-20-18-9-7-8-14-24(18)19/h7-9,14,17H,3-6,10-13,15-16H2,1-2H3. The second kappa shape index (κ2) is 9.12. The molecule has 0 amide bonds. The smallest absolute Gasteiger partial charge is 0.281 e. The van der Waals surface area contributed by atoms with E-state index in [2.05, 4.69) is 24.0 Å². The van der Waals surface area contributed by atoms with E-state index in [4.69, 9.17) is 0 Å². The van der Waals surface area contributed by atoms with Gasteiger partial charge >= 0.3 is 0 Å². The molecule has 0 saturated carbocycles. The van der Waals surface area contributed by atoms with Crippen molar-refractivity contribution < 1.29 is 8.42 Å². The SMILES string of the molecule is CCCCN(CCCC)S(=O)(=O)N1CCC(c2nnc3ccccn23)CC1. The molecule has 1 saturated heterocycles. The first kappa shape index (κ1) is 20.2. The van der Waals surface area contributed by atoms with Gasteiger partial charge in [0.1, 0.15) is 5.82 Å². The molecule has 1 aliphatic rings. The molecule has 7 nitrogen and oxygen atoms in total. The molecule has 2 aromatic heterocycles. The number of aromatic nitrogens is 3. The number of nitrogens with zero attached hydrogens (tertiary/aromatic N) is 5. The van der Waals surface area contributed by atoms with Crippen molar-refractivity contribution in [1.29, 1.82) is 0 Å². The number of fused-ring (bicyclic) bond motifs is 1. The van der Waals surface area contributed by atoms with Crippen molar-refractivity contribution >= 4 is 15.9 Å². The normalized spacial score (nSPS) is 17.1. The van der Waals surface area contributed by atoms with E-state index in [1.165, 1.54) is 0 Å². The Bertz CT molecular complexity index is 819. The van der Waals surface area contributed by atoms with Crippen LogP contribution in [-0.4, -0.2) is 57.8 Å². The molecule has 3 rings (SSSR count). The molecule has 150 valence electrons. The molecule has 0 aliphatic carbocycles. The van der Waals surface area contributed by atoms with E-state index in [-0.39, 0.29) is 5.92 Å². The van der Waals surface area contributed by atoms with Crippen molar-refractivity contribution in [2.45, 2.75) is 58.3 Å². The van der Waals surface area contributed by atoms with Crippen LogP contribution in [0.3, 0.4) is 0 Å². The van der Waals surface area contributed by atoms with Crippen LogP contribution < -0.4 is 0 Å². The molecule has 0 radical (unpaired) electrons. The number of hydrogen-bond donors (Lipinski definition) is 0. The van der Waals surface area contributed by atoms with Gasteiger partial charge in [0.2, 0.25) is 0 Å². The van der Waals surface area contributed by atoms with Crippen LogP contribution in [0, 0.1) is 0 Å². The van der Waals surface area contributed by atoms with Crippen molar-refractivity contribution in [3.05, 3.63) is 30.2 Å². The van der Waals surface area contributed by atoms with Crippen LogP contribution in [0.1, 0.15) is 64.1 Å². The Labute approximate surface area is 162 Å². The highest BCUT2D eigenvalue weighted by Crippen LogP contribution is 2.29. The van der Waals surface area contributed by atoms with Crippen molar-refractivity contribution in [3.8, 4) is 0 Å². The van der Waals surface area contributed by atoms with E-state index in [9.17, 15) is 8.42 Å². The topological polar surface area (TPSA) is 70.8 Å². The molecule has 3 heterocycles. The van der Waals surface area contributed by atoms with E-state index in [1.54, 1.807) is 8.61 Å². The van der Waals surface area contributed by atoms with Gasteiger partial charge in [0.05, 0.1) is 0 Å². The fraction of sp³-hybridized carbons (Fsp3) is 0.684. The van der Waals surface area contributed by atoms with E-state index in [1.807, 2.05) is 28.8 Å². The predicted molar refractivity (Wildman–Crippen MR) is 107 cm³/mol. The summed E-state index contributed by atoms with van der Waals surface area (Å²) < 4.78 is 31.6. The van der Waals surface area contributed by atoms with Gasteiger partial charge in [-0.2, -0.15) is 17.0 Å². The summed E-state index contributed by atoms with van der Waals surface area (Å²) in [5, 5.41) is 8.59. The number of hydrogen-bond acceptors (Lipinski definition) is 4. The molecule has 0 aromatic carbocycles. The monoisotopic (exact) mass is 393 g/mol. The van der Waals surface area contributed by atoms with Crippen LogP contribution in [0.2, 0.25) is 0 Å². The zero-order valence-corrected chi connectivity index (χ0v) is 17.2. The Morgan fingerprint density at radius 2 is 1.74 bits per heavy atom. The van der Waals surface area contributed by atoms with E-state index >= 15 is 0 Å². The zero-order chi connectivity index (χ0) is 19.3. The van der Waals surface area contributed by atoms with Crippen LogP contribution in [-0.2, 0) is 10.2 Å². The molecular weight excluding hydrogens is 362 g/mol. The van der Waals surface area contributed by atoms with Gasteiger partial charge in [-0.1, -0.05) is 32.8 Å². The number of rotatable bonds is 9. The third-order valence-electron chi connectivity index (χ3n) is 5.33. The van der Waals surface area contributed by atoms with Gasteiger partial charge in [-0.05, 0) is 37.8 Å². The van der Waals surface area contributed by atoms with Gasteiger partial charge in [0.15, 0.2) is 5.65 Å². The van der Waals surface area contributed by atoms with E-state index in [0.29, 0.717) is 26.2 Å². The van der Waals surface area contributed by atoms with Crippen LogP contribution in [0.5, 0.6) is 0 Å². The highest BCUT2D eigenvalue weighted by Gasteiger charge is 2.34. The van der Waals surface area contributed by atoms with Gasteiger partial charge in [-0.3, -0.25) is 4.40 Å². The molecule has 1 aliphatic heterocycles. The summed E-state index contributed by atoms with van der Waals surface area (Å²) in [6.07, 6.45) is 7.36. The first-order valence-electron chi connectivity index (χ1n) is 10.1. The summed E-state index contributed by atoms with van der Waals surface area (Å²) in [4.78, 5) is 0. The minimum atomic E-state index is -3.38. The lowest BCUT2D eigenvalue weighted by Gasteiger charge is -2.34. The predicted octanol–water partition coefficient (Wildman–Crippen LogP) is 3.06. The summed E-state index contributed by atoms with van der Waals surface area (Å²) in [5.41, 5.74) is 0.841. The maximum absolute atomic E-state index is 13.1. The van der Waals surface area contributed by atoms with Crippen molar-refractivity contribution in [2.75, 3.05) is 26.2 Å². The van der Waals surface area contributed by atoms with Crippen LogP contribution in [0.15, 0.2) is 24.4 Å². The summed E-state index contributed by atoms with van der Waals surface area (Å²) in [6.45, 7) is 6.52. The van der Waals surface area contributed by atoms with Gasteiger partial charge in [-0.25, -0.2) is 0 Å². The fourth-order valence-electron chi connectivity index (χ4n) is 3.66. The summed E-state index contributed by atoms with van der Waals surface area (Å²) in [6, 6.07) is 5.86. The second-order valence-electron chi connectivity index (χ2n) is 7.27. The first-order valence-corrected chi connectivity index (χ1v) is 11.5. The highest BCUT2D eigenvalue weighted by atomic mass is 32.2. The molecular formula is C19H31N5O2S. The molecule has 0 atom stereocenters. The maximum Gasteiger partial charge on any atom is 0.281 e. The van der Waals surface area contributed by atoms with Crippen LogP contribution >= 0.6 is 0 Å². The third kappa shape index (κ3) is 4.50. The average Bonchev–Trinajstić information content (AvgIpc) is 3.12. The number of piperidine rings is 1. The van der Waals surface area contributed by atoms with Crippen LogP contribution in [0.25, 0.3) is 5.65 Å². The Hall–Kier alpha value is -1.51. The Balaban J connectivity index is 1.67. The molecule has 27 heavy (non-hydrogen) atoms. The molecule has 0 spiro atoms. The summed E-state index contributed by atoms with van der Waals surface area (Å²) >= 11 is 0. The van der Waals surface area contributed by atoms with Crippen LogP contribution in [0.4, 0.5) is 0 Å². The van der Waals surface area contributed by atoms with Gasteiger partial charge in [-0.15, -0.1) is 10.2 Å². The minimum absolute atomic E-state index is 0.244. The van der Waals surface area contributed by atoms with E-state index in [0.717, 1.165) is 50.0 Å². The van der Waals surface area contributed by atoms with Crippen molar-refractivity contribution in [3.63, 3.8) is 0 Å². The molecule has 0 unspecified atom stereocenters. The Morgan fingerprint density at radius 3 is 2.37 bits per heavy atom. The molecule has 0 N–H and O–H groups in total. The van der Waals surface area contributed by atoms with E-state index < -0.39 is 10.2 Å². The molecule has 0 bridgehead atoms. The lowest BCUT2D eigenvalue weighted by Crippen LogP contribution is -2.47. The molecule has 2 aromatic rings. The lowest BCUT2D eigenvalue weighted by molar-refractivity contribution is 0.279. The van der Waals surface area contributed by atoms with Gasteiger partial charge in [0, 0.05) is 38.3 Å². The fourth-order valence-corrected chi connectivity index (χ4v) is 5.38. The zero-order valence-electron chi connectivity index (χ0n) is 16.4. The van der Waals surface area contributed by atoms with Crippen molar-refractivity contribution in [2.24, 2.45) is 0 Å². The largest absolute Gasteiger partial charge is 0.286 e. The molecule has 8 heteroatoms. The lowest BCUT2D eigenvalue weighted by atomic mass is 9.97. The maximum atomic E-state index is 13.1. The third-order valence-corrected chi connectivity index (χ3v) is 7.37. The molecule has 1 fully saturated rings. The minimum Gasteiger partial charge on any atom is -0.286 e.